The molecular formula is C21H27N3O4. The summed E-state index contributed by atoms with van der Waals surface area (Å²) in [4.78, 5) is 28.6. The predicted octanol–water partition coefficient (Wildman–Crippen LogP) is 2.49. The molecule has 0 aliphatic carbocycles. The van der Waals surface area contributed by atoms with Crippen LogP contribution in [0.2, 0.25) is 0 Å². The Bertz CT molecular complexity index is 853. The molecule has 28 heavy (non-hydrogen) atoms. The summed E-state index contributed by atoms with van der Waals surface area (Å²) in [6.45, 7) is 7.29. The Morgan fingerprint density at radius 2 is 1.96 bits per heavy atom. The van der Waals surface area contributed by atoms with Gasteiger partial charge < -0.3 is 25.1 Å². The molecule has 0 bridgehead atoms. The Hall–Kier alpha value is -2.64. The van der Waals surface area contributed by atoms with Crippen molar-refractivity contribution in [3.8, 4) is 0 Å². The highest BCUT2D eigenvalue weighted by Crippen LogP contribution is 2.39. The molecule has 1 aromatic heterocycles. The number of carbonyl (C=O) groups excluding carboxylic acids is 2. The first-order valence-electron chi connectivity index (χ1n) is 9.45. The summed E-state index contributed by atoms with van der Waals surface area (Å²) in [5.74, 6) is -0.422. The molecule has 0 saturated carbocycles. The molecule has 3 unspecified atom stereocenters. The SMILES string of the molecule is CC(=O)N1c2ccc(C(C(C)N)C(C)O)cc2N(C(=O)c2ccco2)C[C@@H]1C. The maximum atomic E-state index is 13.0. The molecule has 2 amide bonds. The number of furan rings is 1. The number of nitrogens with zero attached hydrogens (tertiary/aromatic N) is 2. The van der Waals surface area contributed by atoms with Gasteiger partial charge in [-0.2, -0.15) is 0 Å². The van der Waals surface area contributed by atoms with Gasteiger partial charge in [0, 0.05) is 25.4 Å². The van der Waals surface area contributed by atoms with Crippen LogP contribution in [0.15, 0.2) is 41.0 Å². The maximum absolute atomic E-state index is 13.0. The van der Waals surface area contributed by atoms with Gasteiger partial charge in [-0.3, -0.25) is 9.59 Å². The lowest BCUT2D eigenvalue weighted by molar-refractivity contribution is -0.117. The second kappa shape index (κ2) is 7.77. The highest BCUT2D eigenvalue weighted by molar-refractivity contribution is 6.09. The Balaban J connectivity index is 2.14. The molecule has 0 spiro atoms. The summed E-state index contributed by atoms with van der Waals surface area (Å²) in [6.07, 6.45) is 0.804. The molecule has 150 valence electrons. The highest BCUT2D eigenvalue weighted by Gasteiger charge is 2.35. The van der Waals surface area contributed by atoms with Crippen molar-refractivity contribution in [2.45, 2.75) is 51.8 Å². The number of benzene rings is 1. The Labute approximate surface area is 164 Å². The summed E-state index contributed by atoms with van der Waals surface area (Å²) < 4.78 is 5.30. The van der Waals surface area contributed by atoms with Crippen LogP contribution >= 0.6 is 0 Å². The largest absolute Gasteiger partial charge is 0.459 e. The Morgan fingerprint density at radius 1 is 1.25 bits per heavy atom. The van der Waals surface area contributed by atoms with Gasteiger partial charge in [-0.05, 0) is 50.6 Å². The Kier molecular flexibility index (Phi) is 5.58. The van der Waals surface area contributed by atoms with Crippen LogP contribution in [0.4, 0.5) is 11.4 Å². The third kappa shape index (κ3) is 3.55. The van der Waals surface area contributed by atoms with Gasteiger partial charge in [0.1, 0.15) is 0 Å². The first-order chi connectivity index (χ1) is 13.2. The topological polar surface area (TPSA) is 100 Å². The summed E-state index contributed by atoms with van der Waals surface area (Å²) in [5, 5.41) is 10.2. The van der Waals surface area contributed by atoms with Gasteiger partial charge in [0.15, 0.2) is 5.76 Å². The summed E-state index contributed by atoms with van der Waals surface area (Å²) in [6, 6.07) is 8.35. The average Bonchev–Trinajstić information content (AvgIpc) is 3.14. The van der Waals surface area contributed by atoms with Crippen LogP contribution < -0.4 is 15.5 Å². The van der Waals surface area contributed by atoms with Crippen molar-refractivity contribution in [2.24, 2.45) is 5.73 Å². The van der Waals surface area contributed by atoms with Crippen LogP contribution in [0, 0.1) is 0 Å². The van der Waals surface area contributed by atoms with Crippen LogP contribution in [0.3, 0.4) is 0 Å². The Morgan fingerprint density at radius 3 is 2.50 bits per heavy atom. The van der Waals surface area contributed by atoms with Crippen molar-refractivity contribution < 1.29 is 19.1 Å². The minimum atomic E-state index is -0.654. The second-order valence-electron chi connectivity index (χ2n) is 7.50. The lowest BCUT2D eigenvalue weighted by atomic mass is 9.87. The van der Waals surface area contributed by atoms with Crippen LogP contribution in [0.5, 0.6) is 0 Å². The van der Waals surface area contributed by atoms with E-state index < -0.39 is 6.10 Å². The van der Waals surface area contributed by atoms with Crippen molar-refractivity contribution in [3.63, 3.8) is 0 Å². The molecular weight excluding hydrogens is 358 g/mol. The van der Waals surface area contributed by atoms with Crippen molar-refractivity contribution in [2.75, 3.05) is 16.3 Å². The molecule has 7 nitrogen and oxygen atoms in total. The molecule has 1 aliphatic heterocycles. The van der Waals surface area contributed by atoms with E-state index in [0.29, 0.717) is 17.9 Å². The van der Waals surface area contributed by atoms with Gasteiger partial charge in [0.05, 0.1) is 29.8 Å². The zero-order valence-corrected chi connectivity index (χ0v) is 16.6. The van der Waals surface area contributed by atoms with E-state index in [9.17, 15) is 14.7 Å². The van der Waals surface area contributed by atoms with Crippen LogP contribution in [0.1, 0.15) is 49.7 Å². The average molecular weight is 385 g/mol. The minimum absolute atomic E-state index is 0.0918. The monoisotopic (exact) mass is 385 g/mol. The van der Waals surface area contributed by atoms with E-state index in [1.165, 1.54) is 13.2 Å². The number of amides is 2. The normalized spacial score (nSPS) is 19.7. The lowest BCUT2D eigenvalue weighted by Crippen LogP contribution is -2.51. The molecule has 1 aromatic carbocycles. The van der Waals surface area contributed by atoms with E-state index in [2.05, 4.69) is 0 Å². The molecule has 0 fully saturated rings. The van der Waals surface area contributed by atoms with Gasteiger partial charge in [-0.1, -0.05) is 6.07 Å². The fourth-order valence-corrected chi connectivity index (χ4v) is 4.08. The smallest absolute Gasteiger partial charge is 0.294 e. The van der Waals surface area contributed by atoms with Crippen molar-refractivity contribution >= 4 is 23.2 Å². The van der Waals surface area contributed by atoms with E-state index in [1.54, 1.807) is 28.9 Å². The van der Waals surface area contributed by atoms with Gasteiger partial charge in [-0.25, -0.2) is 0 Å². The first-order valence-corrected chi connectivity index (χ1v) is 9.45. The fraction of sp³-hybridized carbons (Fsp3) is 0.429. The molecule has 0 radical (unpaired) electrons. The van der Waals surface area contributed by atoms with E-state index in [-0.39, 0.29) is 35.6 Å². The maximum Gasteiger partial charge on any atom is 0.294 e. The van der Waals surface area contributed by atoms with Crippen molar-refractivity contribution in [3.05, 3.63) is 47.9 Å². The van der Waals surface area contributed by atoms with E-state index >= 15 is 0 Å². The number of aliphatic hydroxyl groups is 1. The fourth-order valence-electron chi connectivity index (χ4n) is 4.08. The quantitative estimate of drug-likeness (QED) is 0.842. The third-order valence-corrected chi connectivity index (χ3v) is 5.22. The molecule has 1 aliphatic rings. The van der Waals surface area contributed by atoms with Crippen LogP contribution in [-0.2, 0) is 4.79 Å². The van der Waals surface area contributed by atoms with E-state index in [0.717, 1.165) is 5.56 Å². The number of carbonyl (C=O) groups is 2. The molecule has 2 heterocycles. The first kappa shape index (κ1) is 20.1. The molecule has 0 saturated heterocycles. The molecule has 2 aromatic rings. The zero-order chi connectivity index (χ0) is 20.6. The predicted molar refractivity (Wildman–Crippen MR) is 108 cm³/mol. The summed E-state index contributed by atoms with van der Waals surface area (Å²) in [5.41, 5.74) is 8.18. The standard InChI is InChI=1S/C21H27N3O4/c1-12-11-23(21(27)19-6-5-9-28-19)18-10-16(20(13(2)22)14(3)25)7-8-17(18)24(12)15(4)26/h5-10,12-14,20,25H,11,22H2,1-4H3/t12-,13?,14?,20?/m0/s1. The number of hydrogen-bond acceptors (Lipinski definition) is 5. The molecule has 3 N–H and O–H groups in total. The summed E-state index contributed by atoms with van der Waals surface area (Å²) in [7, 11) is 0. The van der Waals surface area contributed by atoms with Gasteiger partial charge in [0.25, 0.3) is 5.91 Å². The number of rotatable bonds is 4. The van der Waals surface area contributed by atoms with E-state index in [1.807, 2.05) is 32.0 Å². The van der Waals surface area contributed by atoms with Crippen molar-refractivity contribution in [1.29, 1.82) is 0 Å². The number of hydrogen-bond donors (Lipinski definition) is 2. The van der Waals surface area contributed by atoms with Gasteiger partial charge >= 0.3 is 0 Å². The minimum Gasteiger partial charge on any atom is -0.459 e. The number of anilines is 2. The third-order valence-electron chi connectivity index (χ3n) is 5.22. The lowest BCUT2D eigenvalue weighted by Gasteiger charge is -2.41. The molecule has 3 rings (SSSR count). The van der Waals surface area contributed by atoms with Crippen LogP contribution in [0.25, 0.3) is 0 Å². The van der Waals surface area contributed by atoms with Crippen molar-refractivity contribution in [1.82, 2.24) is 0 Å². The van der Waals surface area contributed by atoms with E-state index in [4.69, 9.17) is 10.2 Å². The number of nitrogens with two attached hydrogens (primary N) is 1. The molecule has 4 atom stereocenters. The summed E-state index contributed by atoms with van der Waals surface area (Å²) >= 11 is 0. The second-order valence-corrected chi connectivity index (χ2v) is 7.50. The van der Waals surface area contributed by atoms with Gasteiger partial charge in [-0.15, -0.1) is 0 Å². The molecule has 7 heteroatoms. The number of aliphatic hydroxyl groups excluding tert-OH is 1. The zero-order valence-electron chi connectivity index (χ0n) is 16.6. The highest BCUT2D eigenvalue weighted by atomic mass is 16.3. The van der Waals surface area contributed by atoms with Gasteiger partial charge in [0.2, 0.25) is 5.91 Å². The van der Waals surface area contributed by atoms with Crippen LogP contribution in [-0.4, -0.2) is 41.7 Å². The number of fused-ring (bicyclic) bond motifs is 1.